The Kier molecular flexibility index (Phi) is 6.07. The Labute approximate surface area is 155 Å². The number of pyridine rings is 1. The number of carbonyl (C=O) groups is 1. The van der Waals surface area contributed by atoms with Crippen LogP contribution in [0, 0.1) is 23.7 Å². The van der Waals surface area contributed by atoms with E-state index in [-0.39, 0.29) is 0 Å². The maximum absolute atomic E-state index is 11.9. The number of ketones is 1. The van der Waals surface area contributed by atoms with Crippen LogP contribution in [0.4, 0.5) is 0 Å². The van der Waals surface area contributed by atoms with Crippen molar-refractivity contribution in [2.24, 2.45) is 11.8 Å². The molecule has 3 nitrogen and oxygen atoms in total. The molecule has 0 spiro atoms. The van der Waals surface area contributed by atoms with Crippen LogP contribution in [-0.2, 0) is 11.2 Å². The van der Waals surface area contributed by atoms with Crippen LogP contribution in [0.3, 0.4) is 0 Å². The minimum atomic E-state index is 0.367. The fraction of sp³-hybridized carbons (Fsp3) is 0.391. The molecule has 3 rings (SSSR count). The molecule has 1 saturated carbocycles. The highest BCUT2D eigenvalue weighted by Gasteiger charge is 2.29. The monoisotopic (exact) mass is 347 g/mol. The van der Waals surface area contributed by atoms with E-state index in [1.807, 2.05) is 31.2 Å². The fourth-order valence-corrected chi connectivity index (χ4v) is 2.97. The van der Waals surface area contributed by atoms with Crippen molar-refractivity contribution in [2.75, 3.05) is 6.61 Å². The number of aromatic nitrogens is 1. The standard InChI is InChI=1S/C23H25NO2/c1-3-26-23-16-20(12-13-24-23)9-6-18-4-7-19(8-5-18)14-17(2)15-22(25)21-10-11-21/h4-5,7-8,12-13,16-17,21H,3,10-11,14-15H2,1-2H3. The number of hydrogen-bond acceptors (Lipinski definition) is 3. The summed E-state index contributed by atoms with van der Waals surface area (Å²) in [5.74, 6) is 8.14. The Balaban J connectivity index is 1.57. The van der Waals surface area contributed by atoms with E-state index in [0.717, 1.165) is 30.4 Å². The van der Waals surface area contributed by atoms with Crippen molar-refractivity contribution in [1.82, 2.24) is 4.98 Å². The van der Waals surface area contributed by atoms with Gasteiger partial charge in [0.25, 0.3) is 0 Å². The molecule has 0 saturated heterocycles. The third-order valence-electron chi connectivity index (χ3n) is 4.50. The van der Waals surface area contributed by atoms with Gasteiger partial charge in [0.05, 0.1) is 6.61 Å². The molecule has 0 radical (unpaired) electrons. The summed E-state index contributed by atoms with van der Waals surface area (Å²) in [6, 6.07) is 12.0. The largest absolute Gasteiger partial charge is 0.478 e. The van der Waals surface area contributed by atoms with E-state index in [4.69, 9.17) is 4.74 Å². The van der Waals surface area contributed by atoms with Crippen LogP contribution in [0.1, 0.15) is 49.8 Å². The number of rotatable bonds is 7. The minimum absolute atomic E-state index is 0.367. The zero-order chi connectivity index (χ0) is 18.4. The average molecular weight is 347 g/mol. The number of carbonyl (C=O) groups excluding carboxylic acids is 1. The lowest BCUT2D eigenvalue weighted by atomic mass is 9.94. The zero-order valence-corrected chi connectivity index (χ0v) is 15.5. The Morgan fingerprint density at radius 1 is 1.19 bits per heavy atom. The van der Waals surface area contributed by atoms with Crippen LogP contribution in [0.15, 0.2) is 42.6 Å². The van der Waals surface area contributed by atoms with Crippen LogP contribution in [0.25, 0.3) is 0 Å². The van der Waals surface area contributed by atoms with E-state index < -0.39 is 0 Å². The van der Waals surface area contributed by atoms with Gasteiger partial charge in [-0.15, -0.1) is 0 Å². The van der Waals surface area contributed by atoms with E-state index in [1.165, 1.54) is 5.56 Å². The molecule has 0 bridgehead atoms. The highest BCUT2D eigenvalue weighted by atomic mass is 16.5. The predicted molar refractivity (Wildman–Crippen MR) is 103 cm³/mol. The van der Waals surface area contributed by atoms with Gasteiger partial charge in [0.15, 0.2) is 0 Å². The van der Waals surface area contributed by atoms with Crippen molar-refractivity contribution in [3.05, 3.63) is 59.3 Å². The second-order valence-corrected chi connectivity index (χ2v) is 7.02. The third-order valence-corrected chi connectivity index (χ3v) is 4.50. The van der Waals surface area contributed by atoms with Crippen molar-refractivity contribution in [1.29, 1.82) is 0 Å². The lowest BCUT2D eigenvalue weighted by Crippen LogP contribution is -2.09. The topological polar surface area (TPSA) is 39.2 Å². The molecule has 0 amide bonds. The van der Waals surface area contributed by atoms with Gasteiger partial charge < -0.3 is 4.74 Å². The lowest BCUT2D eigenvalue weighted by molar-refractivity contribution is -0.121. The van der Waals surface area contributed by atoms with Crippen LogP contribution < -0.4 is 4.74 Å². The molecule has 1 aliphatic rings. The summed E-state index contributed by atoms with van der Waals surface area (Å²) in [5.41, 5.74) is 3.12. The molecular weight excluding hydrogens is 322 g/mol. The summed E-state index contributed by atoms with van der Waals surface area (Å²) in [7, 11) is 0. The summed E-state index contributed by atoms with van der Waals surface area (Å²) in [5, 5.41) is 0. The Morgan fingerprint density at radius 3 is 2.62 bits per heavy atom. The molecule has 1 aromatic carbocycles. The van der Waals surface area contributed by atoms with E-state index in [2.05, 4.69) is 35.9 Å². The summed E-state index contributed by atoms with van der Waals surface area (Å²) >= 11 is 0. The summed E-state index contributed by atoms with van der Waals surface area (Å²) in [6.07, 6.45) is 5.55. The third kappa shape index (κ3) is 5.46. The molecule has 1 aliphatic carbocycles. The van der Waals surface area contributed by atoms with Gasteiger partial charge in [-0.05, 0) is 55.9 Å². The molecule has 1 heterocycles. The van der Waals surface area contributed by atoms with Crippen LogP contribution in [0.2, 0.25) is 0 Å². The summed E-state index contributed by atoms with van der Waals surface area (Å²) in [6.45, 7) is 4.69. The second-order valence-electron chi connectivity index (χ2n) is 7.02. The van der Waals surface area contributed by atoms with Crippen molar-refractivity contribution in [2.45, 2.75) is 39.5 Å². The molecule has 0 aliphatic heterocycles. The fourth-order valence-electron chi connectivity index (χ4n) is 2.97. The van der Waals surface area contributed by atoms with Gasteiger partial charge in [0.1, 0.15) is 5.78 Å². The lowest BCUT2D eigenvalue weighted by Gasteiger charge is -2.10. The number of ether oxygens (including phenoxy) is 1. The Morgan fingerprint density at radius 2 is 1.92 bits per heavy atom. The number of benzene rings is 1. The van der Waals surface area contributed by atoms with Gasteiger partial charge in [-0.3, -0.25) is 4.79 Å². The quantitative estimate of drug-likeness (QED) is 0.696. The first-order valence-electron chi connectivity index (χ1n) is 9.36. The number of nitrogens with zero attached hydrogens (tertiary/aromatic N) is 1. The molecule has 26 heavy (non-hydrogen) atoms. The molecular formula is C23H25NO2. The Bertz CT molecular complexity index is 810. The maximum Gasteiger partial charge on any atom is 0.214 e. The smallest absolute Gasteiger partial charge is 0.214 e. The van der Waals surface area contributed by atoms with Crippen LogP contribution in [-0.4, -0.2) is 17.4 Å². The van der Waals surface area contributed by atoms with Crippen LogP contribution >= 0.6 is 0 Å². The first kappa shape index (κ1) is 18.2. The van der Waals surface area contributed by atoms with E-state index >= 15 is 0 Å². The van der Waals surface area contributed by atoms with E-state index in [0.29, 0.717) is 36.5 Å². The zero-order valence-electron chi connectivity index (χ0n) is 15.5. The van der Waals surface area contributed by atoms with Crippen LogP contribution in [0.5, 0.6) is 5.88 Å². The van der Waals surface area contributed by atoms with Gasteiger partial charge in [-0.25, -0.2) is 4.98 Å². The Hall–Kier alpha value is -2.60. The van der Waals surface area contributed by atoms with Crippen molar-refractivity contribution in [3.8, 4) is 17.7 Å². The molecule has 2 aromatic rings. The first-order valence-corrected chi connectivity index (χ1v) is 9.36. The molecule has 1 aromatic heterocycles. The second kappa shape index (κ2) is 8.67. The molecule has 134 valence electrons. The normalized spacial score (nSPS) is 14.2. The highest BCUT2D eigenvalue weighted by molar-refractivity contribution is 5.83. The predicted octanol–water partition coefficient (Wildman–Crippen LogP) is 4.43. The van der Waals surface area contributed by atoms with Gasteiger partial charge in [-0.2, -0.15) is 0 Å². The van der Waals surface area contributed by atoms with E-state index in [9.17, 15) is 4.79 Å². The van der Waals surface area contributed by atoms with Crippen molar-refractivity contribution >= 4 is 5.78 Å². The van der Waals surface area contributed by atoms with Crippen molar-refractivity contribution < 1.29 is 9.53 Å². The molecule has 1 atom stereocenters. The van der Waals surface area contributed by atoms with Crippen molar-refractivity contribution in [3.63, 3.8) is 0 Å². The highest BCUT2D eigenvalue weighted by Crippen LogP contribution is 2.32. The van der Waals surface area contributed by atoms with Gasteiger partial charge in [0.2, 0.25) is 5.88 Å². The molecule has 3 heteroatoms. The van der Waals surface area contributed by atoms with Gasteiger partial charge in [-0.1, -0.05) is 30.9 Å². The number of hydrogen-bond donors (Lipinski definition) is 0. The molecule has 1 fully saturated rings. The number of Topliss-reactive ketones (excluding diaryl/α,β-unsaturated/α-hetero) is 1. The minimum Gasteiger partial charge on any atom is -0.478 e. The van der Waals surface area contributed by atoms with Gasteiger partial charge >= 0.3 is 0 Å². The average Bonchev–Trinajstić information content (AvgIpc) is 3.47. The molecule has 0 N–H and O–H groups in total. The summed E-state index contributed by atoms with van der Waals surface area (Å²) < 4.78 is 5.39. The molecule has 1 unspecified atom stereocenters. The SMILES string of the molecule is CCOc1cc(C#Cc2ccc(CC(C)CC(=O)C3CC3)cc2)ccn1. The van der Waals surface area contributed by atoms with Gasteiger partial charge in [0, 0.05) is 35.7 Å². The van der Waals surface area contributed by atoms with E-state index in [1.54, 1.807) is 6.20 Å². The maximum atomic E-state index is 11.9. The first-order chi connectivity index (χ1) is 12.6. The summed E-state index contributed by atoms with van der Waals surface area (Å²) in [4.78, 5) is 16.1.